The number of nitrogens with zero attached hydrogens (tertiary/aromatic N) is 5. The van der Waals surface area contributed by atoms with Gasteiger partial charge in [0, 0.05) is 35.4 Å². The lowest BCUT2D eigenvalue weighted by atomic mass is 10.1. The van der Waals surface area contributed by atoms with Gasteiger partial charge < -0.3 is 5.32 Å². The number of halogens is 2. The van der Waals surface area contributed by atoms with E-state index < -0.39 is 17.5 Å². The summed E-state index contributed by atoms with van der Waals surface area (Å²) in [5, 5.41) is 7.19. The van der Waals surface area contributed by atoms with E-state index in [-0.39, 0.29) is 12.1 Å². The SMILES string of the molecule is Cc1cccc(-n2nc(CC(=O)Nc3ccc(F)c(F)c3)cc2-c2ccc3nccnc3c2)n1. The first-order valence-corrected chi connectivity index (χ1v) is 10.5. The Kier molecular flexibility index (Phi) is 5.51. The van der Waals surface area contributed by atoms with E-state index in [9.17, 15) is 13.6 Å². The van der Waals surface area contributed by atoms with Gasteiger partial charge in [-0.1, -0.05) is 12.1 Å². The van der Waals surface area contributed by atoms with Gasteiger partial charge in [-0.15, -0.1) is 0 Å². The van der Waals surface area contributed by atoms with Gasteiger partial charge in [-0.2, -0.15) is 5.10 Å². The summed E-state index contributed by atoms with van der Waals surface area (Å²) in [6, 6.07) is 16.3. The van der Waals surface area contributed by atoms with E-state index in [4.69, 9.17) is 0 Å². The summed E-state index contributed by atoms with van der Waals surface area (Å²) < 4.78 is 28.3. The Morgan fingerprint density at radius 1 is 0.941 bits per heavy atom. The van der Waals surface area contributed by atoms with Crippen LogP contribution in [-0.4, -0.2) is 30.6 Å². The number of aryl methyl sites for hydroxylation is 1. The molecule has 0 atom stereocenters. The third-order valence-electron chi connectivity index (χ3n) is 5.16. The molecular formula is C25H18F2N6O. The zero-order valence-electron chi connectivity index (χ0n) is 18.0. The second-order valence-electron chi connectivity index (χ2n) is 7.68. The Morgan fingerprint density at radius 2 is 1.76 bits per heavy atom. The quantitative estimate of drug-likeness (QED) is 0.416. The summed E-state index contributed by atoms with van der Waals surface area (Å²) in [7, 11) is 0. The fourth-order valence-corrected chi connectivity index (χ4v) is 3.61. The van der Waals surface area contributed by atoms with Crippen LogP contribution in [-0.2, 0) is 11.2 Å². The largest absolute Gasteiger partial charge is 0.326 e. The van der Waals surface area contributed by atoms with Crippen molar-refractivity contribution in [1.82, 2.24) is 24.7 Å². The highest BCUT2D eigenvalue weighted by Gasteiger charge is 2.16. The summed E-state index contributed by atoms with van der Waals surface area (Å²) in [5.74, 6) is -1.83. The van der Waals surface area contributed by atoms with Crippen LogP contribution >= 0.6 is 0 Å². The molecule has 5 aromatic rings. The van der Waals surface area contributed by atoms with Crippen molar-refractivity contribution in [1.29, 1.82) is 0 Å². The van der Waals surface area contributed by atoms with Gasteiger partial charge in [0.15, 0.2) is 17.5 Å². The number of hydrogen-bond donors (Lipinski definition) is 1. The van der Waals surface area contributed by atoms with E-state index in [1.54, 1.807) is 23.1 Å². The van der Waals surface area contributed by atoms with Crippen LogP contribution in [0.1, 0.15) is 11.4 Å². The molecule has 0 bridgehead atoms. The normalized spacial score (nSPS) is 11.0. The predicted octanol–water partition coefficient (Wildman–Crippen LogP) is 4.65. The number of hydrogen-bond acceptors (Lipinski definition) is 5. The Morgan fingerprint density at radius 3 is 2.56 bits per heavy atom. The number of nitrogens with one attached hydrogen (secondary N) is 1. The topological polar surface area (TPSA) is 85.6 Å². The molecule has 1 amide bonds. The lowest BCUT2D eigenvalue weighted by Gasteiger charge is -2.08. The van der Waals surface area contributed by atoms with Gasteiger partial charge in [0.1, 0.15) is 0 Å². The molecule has 9 heteroatoms. The number of benzene rings is 2. The first-order valence-electron chi connectivity index (χ1n) is 10.5. The summed E-state index contributed by atoms with van der Waals surface area (Å²) in [6.07, 6.45) is 3.18. The van der Waals surface area contributed by atoms with Crippen LogP contribution in [0.25, 0.3) is 28.1 Å². The van der Waals surface area contributed by atoms with Gasteiger partial charge in [0.25, 0.3) is 0 Å². The number of pyridine rings is 1. The van der Waals surface area contributed by atoms with E-state index in [2.05, 4.69) is 25.4 Å². The average Bonchev–Trinajstić information content (AvgIpc) is 3.25. The maximum absolute atomic E-state index is 13.5. The molecule has 0 aliphatic rings. The van der Waals surface area contributed by atoms with Gasteiger partial charge in [-0.3, -0.25) is 14.8 Å². The number of carbonyl (C=O) groups excluding carboxylic acids is 1. The Bertz CT molecular complexity index is 1530. The molecule has 0 spiro atoms. The molecule has 7 nitrogen and oxygen atoms in total. The monoisotopic (exact) mass is 456 g/mol. The maximum atomic E-state index is 13.5. The lowest BCUT2D eigenvalue weighted by Crippen LogP contribution is -2.15. The van der Waals surface area contributed by atoms with Gasteiger partial charge in [0.2, 0.25) is 5.91 Å². The zero-order chi connectivity index (χ0) is 23.7. The number of carbonyl (C=O) groups is 1. The van der Waals surface area contributed by atoms with Crippen molar-refractivity contribution in [2.75, 3.05) is 5.32 Å². The van der Waals surface area contributed by atoms with Gasteiger partial charge in [0.05, 0.1) is 28.8 Å². The highest BCUT2D eigenvalue weighted by molar-refractivity contribution is 5.92. The summed E-state index contributed by atoms with van der Waals surface area (Å²) in [4.78, 5) is 25.8. The average molecular weight is 456 g/mol. The molecule has 3 aromatic heterocycles. The predicted molar refractivity (Wildman–Crippen MR) is 123 cm³/mol. The summed E-state index contributed by atoms with van der Waals surface area (Å²) in [6.45, 7) is 1.88. The lowest BCUT2D eigenvalue weighted by molar-refractivity contribution is -0.115. The molecule has 3 heterocycles. The molecule has 0 saturated heterocycles. The van der Waals surface area contributed by atoms with Crippen LogP contribution in [0.15, 0.2) is 73.1 Å². The van der Waals surface area contributed by atoms with Crippen molar-refractivity contribution in [2.24, 2.45) is 0 Å². The smallest absolute Gasteiger partial charge is 0.230 e. The van der Waals surface area contributed by atoms with Crippen molar-refractivity contribution < 1.29 is 13.6 Å². The molecule has 168 valence electrons. The van der Waals surface area contributed by atoms with Crippen LogP contribution in [0, 0.1) is 18.6 Å². The highest BCUT2D eigenvalue weighted by Crippen LogP contribution is 2.26. The highest BCUT2D eigenvalue weighted by atomic mass is 19.2. The van der Waals surface area contributed by atoms with Crippen molar-refractivity contribution in [3.8, 4) is 17.1 Å². The Labute approximate surface area is 193 Å². The van der Waals surface area contributed by atoms with Crippen LogP contribution < -0.4 is 5.32 Å². The van der Waals surface area contributed by atoms with Crippen LogP contribution in [0.5, 0.6) is 0 Å². The molecule has 0 aliphatic heterocycles. The first kappa shape index (κ1) is 21.3. The Hall–Kier alpha value is -4.53. The van der Waals surface area contributed by atoms with Crippen molar-refractivity contribution in [3.63, 3.8) is 0 Å². The minimum Gasteiger partial charge on any atom is -0.326 e. The fraction of sp³-hybridized carbons (Fsp3) is 0.0800. The van der Waals surface area contributed by atoms with E-state index in [1.165, 1.54) is 6.07 Å². The molecule has 0 saturated carbocycles. The second kappa shape index (κ2) is 8.78. The number of rotatable bonds is 5. The van der Waals surface area contributed by atoms with E-state index >= 15 is 0 Å². The second-order valence-corrected chi connectivity index (χ2v) is 7.68. The molecule has 0 radical (unpaired) electrons. The van der Waals surface area contributed by atoms with E-state index in [0.717, 1.165) is 40.1 Å². The fourth-order valence-electron chi connectivity index (χ4n) is 3.61. The first-order chi connectivity index (χ1) is 16.5. The minimum absolute atomic E-state index is 0.0712. The zero-order valence-corrected chi connectivity index (χ0v) is 18.0. The molecule has 34 heavy (non-hydrogen) atoms. The minimum atomic E-state index is -1.03. The molecule has 0 aliphatic carbocycles. The maximum Gasteiger partial charge on any atom is 0.230 e. The molecule has 5 rings (SSSR count). The standard InChI is InChI=1S/C25H18F2N6O/c1-15-3-2-4-24(30-15)33-23(16-5-8-21-22(11-16)29-10-9-28-21)13-18(32-33)14-25(34)31-17-6-7-19(26)20(27)12-17/h2-13H,14H2,1H3,(H,31,34). The van der Waals surface area contributed by atoms with Gasteiger partial charge >= 0.3 is 0 Å². The van der Waals surface area contributed by atoms with Crippen molar-refractivity contribution >= 4 is 22.6 Å². The molecule has 1 N–H and O–H groups in total. The third kappa shape index (κ3) is 4.36. The molecule has 2 aromatic carbocycles. The molecule has 0 fully saturated rings. The summed E-state index contributed by atoms with van der Waals surface area (Å²) >= 11 is 0. The van der Waals surface area contributed by atoms with Gasteiger partial charge in [-0.25, -0.2) is 18.4 Å². The molecule has 0 unspecified atom stereocenters. The van der Waals surface area contributed by atoms with Crippen LogP contribution in [0.2, 0.25) is 0 Å². The van der Waals surface area contributed by atoms with Gasteiger partial charge in [-0.05, 0) is 49.4 Å². The third-order valence-corrected chi connectivity index (χ3v) is 5.16. The number of anilines is 1. The summed E-state index contributed by atoms with van der Waals surface area (Å²) in [5.41, 5.74) is 4.51. The van der Waals surface area contributed by atoms with E-state index in [0.29, 0.717) is 11.5 Å². The van der Waals surface area contributed by atoms with Crippen LogP contribution in [0.3, 0.4) is 0 Å². The number of aromatic nitrogens is 5. The van der Waals surface area contributed by atoms with Crippen LogP contribution in [0.4, 0.5) is 14.5 Å². The molecular weight excluding hydrogens is 438 g/mol. The number of amides is 1. The van der Waals surface area contributed by atoms with E-state index in [1.807, 2.05) is 43.3 Å². The number of fused-ring (bicyclic) bond motifs is 1. The Balaban J connectivity index is 1.50. The van der Waals surface area contributed by atoms with Crippen molar-refractivity contribution in [3.05, 3.63) is 96.1 Å². The van der Waals surface area contributed by atoms with Crippen molar-refractivity contribution in [2.45, 2.75) is 13.3 Å².